The maximum absolute atomic E-state index is 13.3. The van der Waals surface area contributed by atoms with Gasteiger partial charge >= 0.3 is 0 Å². The Hall–Kier alpha value is -3.01. The number of hydrogen-bond acceptors (Lipinski definition) is 5. The molecule has 0 saturated carbocycles. The zero-order valence-corrected chi connectivity index (χ0v) is 19.7. The van der Waals surface area contributed by atoms with E-state index in [1.165, 1.54) is 16.4 Å². The van der Waals surface area contributed by atoms with E-state index in [1.807, 2.05) is 62.0 Å². The molecule has 1 aromatic heterocycles. The van der Waals surface area contributed by atoms with Gasteiger partial charge in [-0.05, 0) is 37.6 Å². The smallest absolute Gasteiger partial charge is 0.252 e. The summed E-state index contributed by atoms with van der Waals surface area (Å²) < 4.78 is 35.4. The van der Waals surface area contributed by atoms with Gasteiger partial charge in [-0.3, -0.25) is 4.79 Å². The zero-order chi connectivity index (χ0) is 23.6. The number of nitrogens with one attached hydrogen (secondary N) is 1. The summed E-state index contributed by atoms with van der Waals surface area (Å²) in [4.78, 5) is 17.7. The molecule has 1 amide bonds. The Morgan fingerprint density at radius 2 is 1.79 bits per heavy atom. The summed E-state index contributed by atoms with van der Waals surface area (Å²) >= 11 is 0. The van der Waals surface area contributed by atoms with Crippen molar-refractivity contribution in [2.75, 3.05) is 13.1 Å². The SMILES string of the molecule is C[C@@H]1CN(S(=O)(=O)c2cccc(C(=O)N[C@H](c3ccccc3)c3nccn3C)c2)C[C@@H](C)O1. The molecule has 1 aliphatic heterocycles. The van der Waals surface area contributed by atoms with Gasteiger partial charge in [-0.25, -0.2) is 13.4 Å². The highest BCUT2D eigenvalue weighted by molar-refractivity contribution is 7.89. The van der Waals surface area contributed by atoms with Crippen LogP contribution in [0.3, 0.4) is 0 Å². The first kappa shape index (κ1) is 23.2. The predicted molar refractivity (Wildman–Crippen MR) is 124 cm³/mol. The molecule has 0 bridgehead atoms. The average molecular weight is 469 g/mol. The highest BCUT2D eigenvalue weighted by Crippen LogP contribution is 2.24. The molecular weight excluding hydrogens is 440 g/mol. The molecule has 3 aromatic rings. The Labute approximate surface area is 194 Å². The molecule has 9 heteroatoms. The van der Waals surface area contributed by atoms with Gasteiger partial charge in [-0.2, -0.15) is 4.31 Å². The first-order valence-corrected chi connectivity index (χ1v) is 12.3. The van der Waals surface area contributed by atoms with Gasteiger partial charge in [-0.15, -0.1) is 0 Å². The van der Waals surface area contributed by atoms with Gasteiger partial charge in [0.15, 0.2) is 0 Å². The number of nitrogens with zero attached hydrogens (tertiary/aromatic N) is 3. The van der Waals surface area contributed by atoms with Crippen molar-refractivity contribution >= 4 is 15.9 Å². The van der Waals surface area contributed by atoms with E-state index in [0.29, 0.717) is 5.82 Å². The third-order valence-corrected chi connectivity index (χ3v) is 7.47. The number of benzene rings is 2. The van der Waals surface area contributed by atoms with Gasteiger partial charge in [0, 0.05) is 38.1 Å². The molecule has 174 valence electrons. The molecular formula is C24H28N4O4S. The van der Waals surface area contributed by atoms with Crippen LogP contribution in [-0.2, 0) is 21.8 Å². The second kappa shape index (κ2) is 9.46. The van der Waals surface area contributed by atoms with Gasteiger partial charge in [0.1, 0.15) is 11.9 Å². The Morgan fingerprint density at radius 1 is 1.09 bits per heavy atom. The normalized spacial score (nSPS) is 20.3. The minimum atomic E-state index is -3.76. The second-order valence-corrected chi connectivity index (χ2v) is 10.3. The Bertz CT molecular complexity index is 1220. The summed E-state index contributed by atoms with van der Waals surface area (Å²) in [6, 6.07) is 15.2. The topological polar surface area (TPSA) is 93.5 Å². The lowest BCUT2D eigenvalue weighted by Gasteiger charge is -2.34. The third kappa shape index (κ3) is 5.00. The van der Waals surface area contributed by atoms with Crippen molar-refractivity contribution in [3.8, 4) is 0 Å². The molecule has 8 nitrogen and oxygen atoms in total. The van der Waals surface area contributed by atoms with Crippen molar-refractivity contribution in [2.45, 2.75) is 37.0 Å². The molecule has 3 atom stereocenters. The monoisotopic (exact) mass is 468 g/mol. The highest BCUT2D eigenvalue weighted by Gasteiger charge is 2.32. The molecule has 4 rings (SSSR count). The fourth-order valence-electron chi connectivity index (χ4n) is 4.09. The maximum atomic E-state index is 13.3. The van der Waals surface area contributed by atoms with Crippen molar-refractivity contribution in [3.05, 3.63) is 83.9 Å². The molecule has 33 heavy (non-hydrogen) atoms. The van der Waals surface area contributed by atoms with Crippen LogP contribution in [0.25, 0.3) is 0 Å². The Kier molecular flexibility index (Phi) is 6.64. The minimum Gasteiger partial charge on any atom is -0.373 e. The molecule has 2 aromatic carbocycles. The van der Waals surface area contributed by atoms with Crippen LogP contribution in [0.15, 0.2) is 71.9 Å². The number of ether oxygens (including phenoxy) is 1. The first-order chi connectivity index (χ1) is 15.8. The highest BCUT2D eigenvalue weighted by atomic mass is 32.2. The summed E-state index contributed by atoms with van der Waals surface area (Å²) in [5, 5.41) is 3.01. The average Bonchev–Trinajstić information content (AvgIpc) is 3.23. The zero-order valence-electron chi connectivity index (χ0n) is 18.9. The molecule has 1 aliphatic rings. The van der Waals surface area contributed by atoms with Crippen molar-refractivity contribution in [3.63, 3.8) is 0 Å². The molecule has 0 radical (unpaired) electrons. The third-order valence-electron chi connectivity index (χ3n) is 5.65. The maximum Gasteiger partial charge on any atom is 0.252 e. The van der Waals surface area contributed by atoms with Crippen LogP contribution in [0, 0.1) is 0 Å². The van der Waals surface area contributed by atoms with Crippen LogP contribution in [0.1, 0.15) is 41.6 Å². The molecule has 2 heterocycles. The number of rotatable bonds is 6. The van der Waals surface area contributed by atoms with Crippen LogP contribution in [0.2, 0.25) is 0 Å². The standard InChI is InChI=1S/C24H28N4O4S/c1-17-15-28(16-18(2)32-17)33(30,31)21-11-7-10-20(14-21)24(29)26-22(19-8-5-4-6-9-19)23-25-12-13-27(23)3/h4-14,17-18,22H,15-16H2,1-3H3,(H,26,29)/t17-,18-,22-/m1/s1. The van der Waals surface area contributed by atoms with Gasteiger partial charge in [-0.1, -0.05) is 36.4 Å². The van der Waals surface area contributed by atoms with E-state index in [4.69, 9.17) is 4.74 Å². The number of sulfonamides is 1. The second-order valence-electron chi connectivity index (χ2n) is 8.32. The van der Waals surface area contributed by atoms with E-state index < -0.39 is 16.1 Å². The van der Waals surface area contributed by atoms with E-state index >= 15 is 0 Å². The summed E-state index contributed by atoms with van der Waals surface area (Å²) in [5.74, 6) is 0.294. The molecule has 1 fully saturated rings. The predicted octanol–water partition coefficient (Wildman–Crippen LogP) is 2.74. The Morgan fingerprint density at radius 3 is 2.42 bits per heavy atom. The summed E-state index contributed by atoms with van der Waals surface area (Å²) in [6.07, 6.45) is 3.10. The van der Waals surface area contributed by atoms with Crippen molar-refractivity contribution in [2.24, 2.45) is 7.05 Å². The molecule has 1 saturated heterocycles. The van der Waals surface area contributed by atoms with Crippen molar-refractivity contribution in [1.82, 2.24) is 19.2 Å². The number of carbonyl (C=O) groups excluding carboxylic acids is 1. The van der Waals surface area contributed by atoms with E-state index in [0.717, 1.165) is 5.56 Å². The lowest BCUT2D eigenvalue weighted by Crippen LogP contribution is -2.48. The number of aromatic nitrogens is 2. The van der Waals surface area contributed by atoms with Crippen LogP contribution in [0.4, 0.5) is 0 Å². The quantitative estimate of drug-likeness (QED) is 0.600. The van der Waals surface area contributed by atoms with E-state index in [2.05, 4.69) is 10.3 Å². The Balaban J connectivity index is 1.61. The number of aryl methyl sites for hydroxylation is 1. The van der Waals surface area contributed by atoms with E-state index in [-0.39, 0.29) is 41.7 Å². The lowest BCUT2D eigenvalue weighted by atomic mass is 10.1. The van der Waals surface area contributed by atoms with Crippen LogP contribution < -0.4 is 5.32 Å². The van der Waals surface area contributed by atoms with Crippen LogP contribution in [0.5, 0.6) is 0 Å². The van der Waals surface area contributed by atoms with Gasteiger partial charge in [0.05, 0.1) is 17.1 Å². The summed E-state index contributed by atoms with van der Waals surface area (Å²) in [6.45, 7) is 4.25. The first-order valence-electron chi connectivity index (χ1n) is 10.8. The number of morpholine rings is 1. The largest absolute Gasteiger partial charge is 0.373 e. The molecule has 0 spiro atoms. The van der Waals surface area contributed by atoms with E-state index in [1.54, 1.807) is 18.3 Å². The van der Waals surface area contributed by atoms with Gasteiger partial charge in [0.25, 0.3) is 5.91 Å². The van der Waals surface area contributed by atoms with Gasteiger partial charge in [0.2, 0.25) is 10.0 Å². The van der Waals surface area contributed by atoms with Crippen molar-refractivity contribution in [1.29, 1.82) is 0 Å². The van der Waals surface area contributed by atoms with E-state index in [9.17, 15) is 13.2 Å². The lowest BCUT2D eigenvalue weighted by molar-refractivity contribution is -0.0440. The number of carbonyl (C=O) groups is 1. The number of imidazole rings is 1. The van der Waals surface area contributed by atoms with Crippen LogP contribution in [-0.4, -0.2) is 53.5 Å². The minimum absolute atomic E-state index is 0.0877. The number of amides is 1. The fourth-order valence-corrected chi connectivity index (χ4v) is 5.72. The summed E-state index contributed by atoms with van der Waals surface area (Å²) in [7, 11) is -1.89. The summed E-state index contributed by atoms with van der Waals surface area (Å²) in [5.41, 5.74) is 1.14. The van der Waals surface area contributed by atoms with Crippen LogP contribution >= 0.6 is 0 Å². The number of hydrogen-bond donors (Lipinski definition) is 1. The van der Waals surface area contributed by atoms with Gasteiger partial charge < -0.3 is 14.6 Å². The fraction of sp³-hybridized carbons (Fsp3) is 0.333. The molecule has 1 N–H and O–H groups in total. The molecule has 0 unspecified atom stereocenters. The van der Waals surface area contributed by atoms with Crippen molar-refractivity contribution < 1.29 is 17.9 Å². The molecule has 0 aliphatic carbocycles.